The lowest BCUT2D eigenvalue weighted by Gasteiger charge is -2.16. The van der Waals surface area contributed by atoms with Gasteiger partial charge in [-0.25, -0.2) is 4.79 Å². The van der Waals surface area contributed by atoms with Gasteiger partial charge in [0, 0.05) is 16.0 Å². The standard InChI is InChI=1S/C20H14ClNO4S/c21-14-6-2-3-7-15(14)22-18(23)11-26-20(24)17-9-12-10-25-16-8-4-1-5-13(16)19(12)27-17/h1-9H,10-11H2,(H,22,23). The van der Waals surface area contributed by atoms with E-state index in [0.717, 1.165) is 21.8 Å². The fourth-order valence-electron chi connectivity index (χ4n) is 2.75. The van der Waals surface area contributed by atoms with Gasteiger partial charge in [-0.1, -0.05) is 35.9 Å². The first-order chi connectivity index (χ1) is 13.1. The summed E-state index contributed by atoms with van der Waals surface area (Å²) < 4.78 is 10.8. The Hall–Kier alpha value is -2.83. The average Bonchev–Trinajstić information content (AvgIpc) is 3.13. The third-order valence-corrected chi connectivity index (χ3v) is 5.53. The number of amides is 1. The maximum absolute atomic E-state index is 12.3. The van der Waals surface area contributed by atoms with E-state index in [1.807, 2.05) is 24.3 Å². The monoisotopic (exact) mass is 399 g/mol. The minimum absolute atomic E-state index is 0.389. The number of thiophene rings is 1. The number of fused-ring (bicyclic) bond motifs is 3. The molecule has 1 aliphatic rings. The smallest absolute Gasteiger partial charge is 0.348 e. The first-order valence-electron chi connectivity index (χ1n) is 8.18. The molecule has 0 radical (unpaired) electrons. The summed E-state index contributed by atoms with van der Waals surface area (Å²) in [5.41, 5.74) is 2.37. The summed E-state index contributed by atoms with van der Waals surface area (Å²) >= 11 is 7.33. The predicted octanol–water partition coefficient (Wildman–Crippen LogP) is 4.76. The molecule has 136 valence electrons. The number of esters is 1. The second-order valence-corrected chi connectivity index (χ2v) is 7.31. The molecule has 5 nitrogen and oxygen atoms in total. The number of hydrogen-bond donors (Lipinski definition) is 1. The van der Waals surface area contributed by atoms with Crippen LogP contribution in [0.2, 0.25) is 5.02 Å². The highest BCUT2D eigenvalue weighted by Gasteiger charge is 2.23. The third-order valence-electron chi connectivity index (χ3n) is 4.01. The first kappa shape index (κ1) is 17.6. The highest BCUT2D eigenvalue weighted by molar-refractivity contribution is 7.17. The van der Waals surface area contributed by atoms with Crippen molar-refractivity contribution in [3.05, 3.63) is 70.1 Å². The molecule has 1 amide bonds. The molecule has 1 aliphatic heterocycles. The summed E-state index contributed by atoms with van der Waals surface area (Å²) in [6.07, 6.45) is 0. The van der Waals surface area contributed by atoms with Gasteiger partial charge in [0.25, 0.3) is 5.91 Å². The van der Waals surface area contributed by atoms with Gasteiger partial charge in [0.2, 0.25) is 0 Å². The van der Waals surface area contributed by atoms with Crippen LogP contribution in [-0.2, 0) is 16.1 Å². The van der Waals surface area contributed by atoms with Crippen LogP contribution in [0.4, 0.5) is 5.69 Å². The lowest BCUT2D eigenvalue weighted by Crippen LogP contribution is -2.20. The highest BCUT2D eigenvalue weighted by atomic mass is 35.5. The van der Waals surface area contributed by atoms with Crippen molar-refractivity contribution in [2.45, 2.75) is 6.61 Å². The quantitative estimate of drug-likeness (QED) is 0.642. The molecule has 0 spiro atoms. The molecular weight excluding hydrogens is 386 g/mol. The fraction of sp³-hybridized carbons (Fsp3) is 0.100. The van der Waals surface area contributed by atoms with E-state index in [0.29, 0.717) is 22.2 Å². The zero-order chi connectivity index (χ0) is 18.8. The molecule has 1 aromatic heterocycles. The molecule has 7 heteroatoms. The number of nitrogens with one attached hydrogen (secondary N) is 1. The van der Waals surface area contributed by atoms with Crippen LogP contribution in [-0.4, -0.2) is 18.5 Å². The van der Waals surface area contributed by atoms with Crippen LogP contribution in [0.3, 0.4) is 0 Å². The molecule has 0 unspecified atom stereocenters. The van der Waals surface area contributed by atoms with Crippen LogP contribution in [0.1, 0.15) is 15.2 Å². The van der Waals surface area contributed by atoms with Gasteiger partial charge >= 0.3 is 5.97 Å². The van der Waals surface area contributed by atoms with E-state index in [-0.39, 0.29) is 6.61 Å². The van der Waals surface area contributed by atoms with Gasteiger partial charge in [0.05, 0.1) is 10.7 Å². The number of hydrogen-bond acceptors (Lipinski definition) is 5. The van der Waals surface area contributed by atoms with E-state index in [9.17, 15) is 9.59 Å². The Morgan fingerprint density at radius 1 is 1.15 bits per heavy atom. The normalized spacial score (nSPS) is 11.7. The van der Waals surface area contributed by atoms with E-state index in [2.05, 4.69) is 5.32 Å². The van der Waals surface area contributed by atoms with Gasteiger partial charge in [-0.3, -0.25) is 4.79 Å². The molecule has 1 N–H and O–H groups in total. The summed E-state index contributed by atoms with van der Waals surface area (Å²) in [7, 11) is 0. The van der Waals surface area contributed by atoms with Gasteiger partial charge in [-0.05, 0) is 30.3 Å². The Labute approximate surface area is 164 Å². The minimum atomic E-state index is -0.541. The molecule has 3 aromatic rings. The van der Waals surface area contributed by atoms with Crippen molar-refractivity contribution in [1.82, 2.24) is 0 Å². The summed E-state index contributed by atoms with van der Waals surface area (Å²) in [6, 6.07) is 16.3. The number of anilines is 1. The zero-order valence-corrected chi connectivity index (χ0v) is 15.6. The van der Waals surface area contributed by atoms with Crippen LogP contribution in [0.15, 0.2) is 54.6 Å². The molecule has 4 rings (SSSR count). The number of carbonyl (C=O) groups excluding carboxylic acids is 2. The third kappa shape index (κ3) is 3.67. The molecule has 27 heavy (non-hydrogen) atoms. The maximum Gasteiger partial charge on any atom is 0.348 e. The van der Waals surface area contributed by atoms with Gasteiger partial charge in [0.15, 0.2) is 6.61 Å². The number of halogens is 1. The Morgan fingerprint density at radius 3 is 2.78 bits per heavy atom. The number of rotatable bonds is 4. The molecular formula is C20H14ClNO4S. The molecule has 0 bridgehead atoms. The van der Waals surface area contributed by atoms with Gasteiger partial charge in [0.1, 0.15) is 17.2 Å². The molecule has 0 saturated heterocycles. The van der Waals surface area contributed by atoms with Crippen molar-refractivity contribution in [3.63, 3.8) is 0 Å². The summed E-state index contributed by atoms with van der Waals surface area (Å²) in [4.78, 5) is 25.8. The largest absolute Gasteiger partial charge is 0.488 e. The van der Waals surface area contributed by atoms with Crippen LogP contribution < -0.4 is 10.1 Å². The van der Waals surface area contributed by atoms with Crippen molar-refractivity contribution in [2.75, 3.05) is 11.9 Å². The van der Waals surface area contributed by atoms with E-state index in [1.54, 1.807) is 30.3 Å². The second kappa shape index (κ2) is 7.42. The molecule has 2 heterocycles. The van der Waals surface area contributed by atoms with Crippen molar-refractivity contribution in [3.8, 4) is 16.2 Å². The molecule has 0 saturated carbocycles. The number of benzene rings is 2. The lowest BCUT2D eigenvalue weighted by molar-refractivity contribution is -0.119. The molecule has 0 fully saturated rings. The van der Waals surface area contributed by atoms with Crippen molar-refractivity contribution in [2.24, 2.45) is 0 Å². The summed E-state index contributed by atoms with van der Waals surface area (Å²) in [5, 5.41) is 3.03. The van der Waals surface area contributed by atoms with E-state index >= 15 is 0 Å². The number of carbonyl (C=O) groups is 2. The van der Waals surface area contributed by atoms with Gasteiger partial charge < -0.3 is 14.8 Å². The van der Waals surface area contributed by atoms with E-state index in [1.165, 1.54) is 11.3 Å². The number of ether oxygens (including phenoxy) is 2. The second-order valence-electron chi connectivity index (χ2n) is 5.85. The summed E-state index contributed by atoms with van der Waals surface area (Å²) in [6.45, 7) is 0.0167. The lowest BCUT2D eigenvalue weighted by atomic mass is 10.1. The topological polar surface area (TPSA) is 64.6 Å². The van der Waals surface area contributed by atoms with Crippen LogP contribution in [0.5, 0.6) is 5.75 Å². The van der Waals surface area contributed by atoms with Crippen LogP contribution in [0.25, 0.3) is 10.4 Å². The maximum atomic E-state index is 12.3. The Bertz CT molecular complexity index is 1030. The Balaban J connectivity index is 1.42. The molecule has 0 aliphatic carbocycles. The van der Waals surface area contributed by atoms with Crippen LogP contribution in [0, 0.1) is 0 Å². The zero-order valence-electron chi connectivity index (χ0n) is 14.0. The van der Waals surface area contributed by atoms with Gasteiger partial charge in [-0.2, -0.15) is 0 Å². The van der Waals surface area contributed by atoms with Crippen molar-refractivity contribution in [1.29, 1.82) is 0 Å². The predicted molar refractivity (Wildman–Crippen MR) is 104 cm³/mol. The highest BCUT2D eigenvalue weighted by Crippen LogP contribution is 2.42. The average molecular weight is 400 g/mol. The first-order valence-corrected chi connectivity index (χ1v) is 9.37. The SMILES string of the molecule is O=C(COC(=O)c1cc2c(s1)-c1ccccc1OC2)Nc1ccccc1Cl. The summed E-state index contributed by atoms with van der Waals surface area (Å²) in [5.74, 6) is -0.196. The van der Waals surface area contributed by atoms with Crippen molar-refractivity contribution >= 4 is 40.5 Å². The van der Waals surface area contributed by atoms with E-state index in [4.69, 9.17) is 21.1 Å². The fourth-order valence-corrected chi connectivity index (χ4v) is 4.03. The number of para-hydroxylation sites is 2. The molecule has 2 aromatic carbocycles. The minimum Gasteiger partial charge on any atom is -0.488 e. The van der Waals surface area contributed by atoms with Crippen LogP contribution >= 0.6 is 22.9 Å². The van der Waals surface area contributed by atoms with Gasteiger partial charge in [-0.15, -0.1) is 11.3 Å². The van der Waals surface area contributed by atoms with Crippen molar-refractivity contribution < 1.29 is 19.1 Å². The Kier molecular flexibility index (Phi) is 4.83. The Morgan fingerprint density at radius 2 is 1.93 bits per heavy atom. The molecule has 0 atom stereocenters. The van der Waals surface area contributed by atoms with E-state index < -0.39 is 11.9 Å².